The molecule has 1 spiro atoms. The Bertz CT molecular complexity index is 2950. The third-order valence-electron chi connectivity index (χ3n) is 16.7. The zero-order valence-electron chi connectivity index (χ0n) is 44.2. The van der Waals surface area contributed by atoms with Crippen LogP contribution < -0.4 is 35.0 Å². The Morgan fingerprint density at radius 2 is 1.74 bits per heavy atom. The molecule has 5 aromatic rings. The van der Waals surface area contributed by atoms with E-state index in [9.17, 15) is 19.3 Å². The van der Waals surface area contributed by atoms with Crippen LogP contribution in [0, 0.1) is 16.5 Å². The molecule has 18 heteroatoms. The Morgan fingerprint density at radius 1 is 0.947 bits per heavy atom. The van der Waals surface area contributed by atoms with Gasteiger partial charge in [0.25, 0.3) is 5.91 Å². The van der Waals surface area contributed by atoms with Crippen LogP contribution in [0.4, 0.5) is 21.6 Å². The molecule has 3 atom stereocenters. The van der Waals surface area contributed by atoms with Gasteiger partial charge in [0, 0.05) is 99.7 Å². The number of hydrogen-bond acceptors (Lipinski definition) is 14. The van der Waals surface area contributed by atoms with Crippen LogP contribution in [0.15, 0.2) is 96.2 Å². The number of quaternary nitrogens is 1. The Morgan fingerprint density at radius 3 is 2.49 bits per heavy atom. The summed E-state index contributed by atoms with van der Waals surface area (Å²) in [5.74, 6) is 0.995. The molecule has 4 fully saturated rings. The monoisotopic (exact) mass is 1060 g/mol. The van der Waals surface area contributed by atoms with E-state index in [1.54, 1.807) is 25.3 Å². The summed E-state index contributed by atoms with van der Waals surface area (Å²) in [5, 5.41) is 26.1. The Balaban J connectivity index is 0.821. The van der Waals surface area contributed by atoms with E-state index in [1.165, 1.54) is 49.2 Å². The molecule has 3 unspecified atom stereocenters. The van der Waals surface area contributed by atoms with E-state index in [0.29, 0.717) is 60.8 Å². The molecule has 16 nitrogen and oxygen atoms in total. The molecule has 10 rings (SSSR count). The number of hydrogen-bond donors (Lipinski definition) is 4. The van der Waals surface area contributed by atoms with Crippen molar-refractivity contribution < 1.29 is 42.1 Å². The van der Waals surface area contributed by atoms with Gasteiger partial charge in [-0.2, -0.15) is 4.28 Å². The van der Waals surface area contributed by atoms with E-state index in [4.69, 9.17) is 18.5 Å². The van der Waals surface area contributed by atoms with Gasteiger partial charge in [-0.15, -0.1) is 0 Å². The molecular weight excluding hydrogens is 988 g/mol. The minimum absolute atomic E-state index is 0.0815. The second-order valence-electron chi connectivity index (χ2n) is 21.7. The lowest BCUT2D eigenvalue weighted by Gasteiger charge is -2.58. The van der Waals surface area contributed by atoms with Crippen LogP contribution in [0.3, 0.4) is 0 Å². The number of hydroxylamine groups is 2. The largest absolute Gasteiger partial charge is 0.629 e. The number of halogens is 1. The SMILES string of the molecule is CCc1ccccc1C1CN(Cc2ccnc(OC)c2)CCN1C1CC2(CCN(c3ccc(C(=O)NOS(=O)c4cnc(NCC5CCC(C)(O)CC5)c([NH+](C)[O-])c4)c(Oc4cc5c(cc4OC)CC=C5F)c3)CC2)C1. The summed E-state index contributed by atoms with van der Waals surface area (Å²) in [7, 11) is 4.58. The Labute approximate surface area is 447 Å². The van der Waals surface area contributed by atoms with Crippen LogP contribution in [0.1, 0.15) is 109 Å². The second kappa shape index (κ2) is 22.9. The summed E-state index contributed by atoms with van der Waals surface area (Å²) in [6.45, 7) is 10.1. The van der Waals surface area contributed by atoms with Crippen molar-refractivity contribution >= 4 is 40.0 Å². The van der Waals surface area contributed by atoms with Gasteiger partial charge >= 0.3 is 0 Å². The van der Waals surface area contributed by atoms with Gasteiger partial charge in [-0.3, -0.25) is 14.6 Å². The maximum atomic E-state index is 15.0. The van der Waals surface area contributed by atoms with Crippen molar-refractivity contribution in [3.05, 3.63) is 130 Å². The van der Waals surface area contributed by atoms with Crippen LogP contribution in [-0.4, -0.2) is 107 Å². The van der Waals surface area contributed by atoms with Crippen molar-refractivity contribution in [3.8, 4) is 23.1 Å². The molecule has 0 radical (unpaired) electrons. The van der Waals surface area contributed by atoms with Gasteiger partial charge in [0.05, 0.1) is 37.3 Å². The molecule has 2 aliphatic heterocycles. The van der Waals surface area contributed by atoms with E-state index < -0.39 is 22.6 Å². The number of nitrogens with one attached hydrogen (secondary N) is 3. The number of aromatic nitrogens is 2. The number of anilines is 2. The van der Waals surface area contributed by atoms with Crippen molar-refractivity contribution in [2.75, 3.05) is 70.8 Å². The first-order chi connectivity index (χ1) is 36.7. The lowest BCUT2D eigenvalue weighted by Crippen LogP contribution is -2.98. The highest BCUT2D eigenvalue weighted by Gasteiger charge is 2.50. The highest BCUT2D eigenvalue weighted by atomic mass is 32.2. The molecule has 4 N–H and O–H groups in total. The number of carbonyl (C=O) groups is 1. The highest BCUT2D eigenvalue weighted by molar-refractivity contribution is 7.80. The second-order valence-corrected chi connectivity index (χ2v) is 22.8. The van der Waals surface area contributed by atoms with Crippen molar-refractivity contribution in [1.82, 2.24) is 25.2 Å². The van der Waals surface area contributed by atoms with Gasteiger partial charge in [0.2, 0.25) is 17.0 Å². The van der Waals surface area contributed by atoms with Gasteiger partial charge in [0.1, 0.15) is 11.6 Å². The molecule has 1 amide bonds. The van der Waals surface area contributed by atoms with Gasteiger partial charge in [-0.25, -0.2) is 24.0 Å². The number of aryl methyl sites for hydroxylation is 1. The average Bonchev–Trinajstić information content (AvgIpc) is 3.80. The summed E-state index contributed by atoms with van der Waals surface area (Å²) in [6.07, 6.45) is 13.5. The van der Waals surface area contributed by atoms with E-state index in [1.807, 2.05) is 31.3 Å². The normalized spacial score (nSPS) is 22.5. The van der Waals surface area contributed by atoms with Crippen LogP contribution in [-0.2, 0) is 34.8 Å². The van der Waals surface area contributed by atoms with Crippen LogP contribution in [0.2, 0.25) is 0 Å². The fourth-order valence-electron chi connectivity index (χ4n) is 12.1. The number of amides is 1. The van der Waals surface area contributed by atoms with E-state index in [2.05, 4.69) is 72.7 Å². The number of allylic oxidation sites excluding steroid dienone is 1. The number of nitrogens with zero attached hydrogens (tertiary/aromatic N) is 5. The van der Waals surface area contributed by atoms with Crippen molar-refractivity contribution in [2.24, 2.45) is 11.3 Å². The molecule has 2 aromatic heterocycles. The maximum Gasteiger partial charge on any atom is 0.279 e. The molecule has 5 aliphatic rings. The molecule has 2 saturated heterocycles. The Kier molecular flexibility index (Phi) is 16.1. The number of ether oxygens (including phenoxy) is 3. The predicted molar refractivity (Wildman–Crippen MR) is 291 cm³/mol. The lowest BCUT2D eigenvalue weighted by molar-refractivity contribution is -0.751. The molecule has 76 heavy (non-hydrogen) atoms. The number of benzene rings is 3. The predicted octanol–water partition coefficient (Wildman–Crippen LogP) is 8.40. The molecule has 2 saturated carbocycles. The van der Waals surface area contributed by atoms with Crippen molar-refractivity contribution in [1.29, 1.82) is 0 Å². The number of rotatable bonds is 18. The standard InChI is InChI=1S/C58H71FN8O8S/c1-6-40-9-7-8-10-45(40)50-37-65(36-39-17-22-60-54(27-39)73-5)25-26-67(50)43-32-58(33-43)20-23-66(24-21-58)42-12-13-46(51(29-42)74-53-31-47-41(11-14-48(47)59)28-52(53)72-4)56(68)63-75-76(71)44-30-49(64(3)70)55(62-35-44)61-34-38-15-18-57(2,69)19-16-38/h7-10,12-14,17,22,27-31,35,38,43,50,64,69H,6,11,15-16,18-21,23-26,32-34,36-37H2,1-5H3,(H,61,62)(H,63,68). The first kappa shape index (κ1) is 53.4. The fourth-order valence-corrected chi connectivity index (χ4v) is 12.7. The van der Waals surface area contributed by atoms with Gasteiger partial charge in [0.15, 0.2) is 23.0 Å². The summed E-state index contributed by atoms with van der Waals surface area (Å²) in [6, 6.07) is 24.0. The number of aliphatic hydroxyl groups is 1. The van der Waals surface area contributed by atoms with E-state index in [-0.39, 0.29) is 50.0 Å². The maximum absolute atomic E-state index is 15.0. The number of methoxy groups -OCH3 is 2. The number of pyridine rings is 2. The quantitative estimate of drug-likeness (QED) is 0.0615. The smallest absolute Gasteiger partial charge is 0.279 e. The molecule has 3 aliphatic carbocycles. The minimum Gasteiger partial charge on any atom is -0.629 e. The fraction of sp³-hybridized carbons (Fsp3) is 0.466. The first-order valence-electron chi connectivity index (χ1n) is 26.8. The van der Waals surface area contributed by atoms with Crippen LogP contribution >= 0.6 is 0 Å². The topological polar surface area (TPSA) is 178 Å². The third kappa shape index (κ3) is 11.8. The molecule has 0 bridgehead atoms. The summed E-state index contributed by atoms with van der Waals surface area (Å²) in [5.41, 5.74) is 8.28. The van der Waals surface area contributed by atoms with Crippen LogP contribution in [0.25, 0.3) is 5.83 Å². The Hall–Kier alpha value is -5.99. The minimum atomic E-state index is -2.25. The zero-order chi connectivity index (χ0) is 53.1. The van der Waals surface area contributed by atoms with E-state index >= 15 is 4.39 Å². The van der Waals surface area contributed by atoms with Gasteiger partial charge < -0.3 is 39.8 Å². The highest BCUT2D eigenvalue weighted by Crippen LogP contribution is 2.53. The van der Waals surface area contributed by atoms with E-state index in [0.717, 1.165) is 95.5 Å². The first-order valence-corrected chi connectivity index (χ1v) is 27.8. The summed E-state index contributed by atoms with van der Waals surface area (Å²) >= 11 is -2.25. The summed E-state index contributed by atoms with van der Waals surface area (Å²) < 4.78 is 51.7. The average molecular weight is 1060 g/mol. The zero-order valence-corrected chi connectivity index (χ0v) is 45.1. The van der Waals surface area contributed by atoms with Crippen molar-refractivity contribution in [3.63, 3.8) is 0 Å². The summed E-state index contributed by atoms with van der Waals surface area (Å²) in [4.78, 5) is 30.6. The number of carbonyl (C=O) groups excluding carboxylic acids is 1. The van der Waals surface area contributed by atoms with Crippen LogP contribution in [0.5, 0.6) is 23.1 Å². The molecule has 3 aromatic carbocycles. The number of fused-ring (bicyclic) bond motifs is 1. The molecule has 4 heterocycles. The number of piperidine rings is 1. The van der Waals surface area contributed by atoms with Gasteiger partial charge in [-0.1, -0.05) is 31.2 Å². The van der Waals surface area contributed by atoms with Gasteiger partial charge in [-0.05, 0) is 141 Å². The third-order valence-corrected chi connectivity index (χ3v) is 17.5. The number of piperazine rings is 1. The lowest BCUT2D eigenvalue weighted by atomic mass is 9.59. The molecule has 404 valence electrons. The van der Waals surface area contributed by atoms with Crippen molar-refractivity contribution in [2.45, 2.75) is 107 Å². The molecular formula is C58H71FN8O8S.